The highest BCUT2D eigenvalue weighted by molar-refractivity contribution is 9.10. The number of amides is 1. The molecule has 0 heterocycles. The Bertz CT molecular complexity index is 438. The first-order valence-electron chi connectivity index (χ1n) is 6.10. The topological polar surface area (TPSA) is 55.1 Å². The molecule has 100 valence electrons. The van der Waals surface area contributed by atoms with Gasteiger partial charge in [0.05, 0.1) is 6.04 Å². The van der Waals surface area contributed by atoms with Gasteiger partial charge in [-0.2, -0.15) is 0 Å². The molecule has 0 saturated carbocycles. The highest BCUT2D eigenvalue weighted by Gasteiger charge is 2.27. The van der Waals surface area contributed by atoms with Gasteiger partial charge in [-0.05, 0) is 35.6 Å². The largest absolute Gasteiger partial charge is 0.324 e. The Hall–Kier alpha value is -0.870. The molecule has 1 aromatic carbocycles. The summed E-state index contributed by atoms with van der Waals surface area (Å²) in [4.78, 5) is 12.1. The van der Waals surface area contributed by atoms with Crippen LogP contribution in [0.25, 0.3) is 0 Å². The number of hydrogen-bond donors (Lipinski definition) is 2. The predicted molar refractivity (Wildman–Crippen MR) is 79.6 cm³/mol. The molecule has 3 N–H and O–H groups in total. The van der Waals surface area contributed by atoms with Gasteiger partial charge in [-0.1, -0.05) is 43.6 Å². The molecule has 3 nitrogen and oxygen atoms in total. The summed E-state index contributed by atoms with van der Waals surface area (Å²) in [6, 6.07) is 5.30. The first-order valence-corrected chi connectivity index (χ1v) is 6.90. The number of carbonyl (C=O) groups excluding carboxylic acids is 1. The molecule has 0 radical (unpaired) electrons. The van der Waals surface area contributed by atoms with E-state index in [4.69, 9.17) is 5.73 Å². The van der Waals surface area contributed by atoms with Gasteiger partial charge in [-0.3, -0.25) is 4.79 Å². The molecule has 0 aliphatic carbocycles. The van der Waals surface area contributed by atoms with Crippen LogP contribution in [0.2, 0.25) is 0 Å². The number of nitrogens with two attached hydrogens (primary N) is 1. The average molecular weight is 313 g/mol. The first-order chi connectivity index (χ1) is 8.25. The molecule has 1 atom stereocenters. The Morgan fingerprint density at radius 3 is 2.56 bits per heavy atom. The molecule has 0 fully saturated rings. The van der Waals surface area contributed by atoms with Crippen molar-refractivity contribution >= 4 is 27.5 Å². The lowest BCUT2D eigenvalue weighted by atomic mass is 9.87. The van der Waals surface area contributed by atoms with Crippen LogP contribution in [0.1, 0.15) is 33.3 Å². The Morgan fingerprint density at radius 1 is 1.44 bits per heavy atom. The third-order valence-corrected chi connectivity index (χ3v) is 3.41. The summed E-state index contributed by atoms with van der Waals surface area (Å²) in [6.45, 7) is 7.93. The van der Waals surface area contributed by atoms with E-state index in [0.717, 1.165) is 22.1 Å². The van der Waals surface area contributed by atoms with Crippen molar-refractivity contribution in [3.63, 3.8) is 0 Å². The van der Waals surface area contributed by atoms with Gasteiger partial charge in [-0.25, -0.2) is 0 Å². The normalized spacial score (nSPS) is 13.2. The third-order valence-electron chi connectivity index (χ3n) is 2.92. The zero-order valence-electron chi connectivity index (χ0n) is 11.4. The SMILES string of the molecule is CCc1cc(Br)ccc1NC(=O)C(N)C(C)(C)C. The van der Waals surface area contributed by atoms with E-state index in [2.05, 4.69) is 28.2 Å². The summed E-state index contributed by atoms with van der Waals surface area (Å²) in [7, 11) is 0. The van der Waals surface area contributed by atoms with Crippen molar-refractivity contribution in [2.24, 2.45) is 11.1 Å². The Kier molecular flexibility index (Phi) is 4.93. The fraction of sp³-hybridized carbons (Fsp3) is 0.500. The van der Waals surface area contributed by atoms with Gasteiger partial charge >= 0.3 is 0 Å². The molecule has 0 bridgehead atoms. The summed E-state index contributed by atoms with van der Waals surface area (Å²) in [5.41, 5.74) is 7.63. The Balaban J connectivity index is 2.88. The zero-order valence-corrected chi connectivity index (χ0v) is 13.0. The van der Waals surface area contributed by atoms with Gasteiger partial charge in [-0.15, -0.1) is 0 Å². The second-order valence-corrected chi connectivity index (χ2v) is 6.40. The summed E-state index contributed by atoms with van der Waals surface area (Å²) >= 11 is 3.43. The minimum Gasteiger partial charge on any atom is -0.324 e. The summed E-state index contributed by atoms with van der Waals surface area (Å²) in [5.74, 6) is -0.139. The standard InChI is InChI=1S/C14H21BrN2O/c1-5-9-8-10(15)6-7-11(9)17-13(18)12(16)14(2,3)4/h6-8,12H,5,16H2,1-4H3,(H,17,18). The molecule has 1 rings (SSSR count). The van der Waals surface area contributed by atoms with Crippen LogP contribution in [0, 0.1) is 5.41 Å². The molecule has 18 heavy (non-hydrogen) atoms. The maximum atomic E-state index is 12.1. The van der Waals surface area contributed by atoms with Crippen molar-refractivity contribution in [2.75, 3.05) is 5.32 Å². The van der Waals surface area contributed by atoms with Crippen LogP contribution in [-0.2, 0) is 11.2 Å². The summed E-state index contributed by atoms with van der Waals surface area (Å²) in [5, 5.41) is 2.91. The van der Waals surface area contributed by atoms with E-state index in [1.54, 1.807) is 0 Å². The van der Waals surface area contributed by atoms with Crippen LogP contribution < -0.4 is 11.1 Å². The molecule has 0 saturated heterocycles. The molecule has 4 heteroatoms. The lowest BCUT2D eigenvalue weighted by Crippen LogP contribution is -2.45. The van der Waals surface area contributed by atoms with Crippen LogP contribution in [0.5, 0.6) is 0 Å². The molecule has 0 aromatic heterocycles. The van der Waals surface area contributed by atoms with Gasteiger partial charge in [0.25, 0.3) is 0 Å². The van der Waals surface area contributed by atoms with Gasteiger partial charge in [0.15, 0.2) is 0 Å². The van der Waals surface area contributed by atoms with E-state index >= 15 is 0 Å². The number of rotatable bonds is 3. The molecule has 0 spiro atoms. The average Bonchev–Trinajstić information content (AvgIpc) is 2.29. The first kappa shape index (κ1) is 15.2. The number of benzene rings is 1. The van der Waals surface area contributed by atoms with E-state index in [1.807, 2.05) is 39.0 Å². The monoisotopic (exact) mass is 312 g/mol. The van der Waals surface area contributed by atoms with Crippen molar-refractivity contribution in [3.8, 4) is 0 Å². The van der Waals surface area contributed by atoms with Crippen molar-refractivity contribution in [3.05, 3.63) is 28.2 Å². The lowest BCUT2D eigenvalue weighted by molar-refractivity contribution is -0.119. The molecule has 1 aromatic rings. The van der Waals surface area contributed by atoms with E-state index in [9.17, 15) is 4.79 Å². The predicted octanol–water partition coefficient (Wildman–Crippen LogP) is 3.32. The Morgan fingerprint density at radius 2 is 2.06 bits per heavy atom. The highest BCUT2D eigenvalue weighted by Crippen LogP contribution is 2.23. The second kappa shape index (κ2) is 5.85. The van der Waals surface area contributed by atoms with Crippen LogP contribution in [0.15, 0.2) is 22.7 Å². The second-order valence-electron chi connectivity index (χ2n) is 5.49. The maximum Gasteiger partial charge on any atom is 0.241 e. The van der Waals surface area contributed by atoms with Crippen LogP contribution in [0.4, 0.5) is 5.69 Å². The third kappa shape index (κ3) is 3.82. The quantitative estimate of drug-likeness (QED) is 0.899. The highest BCUT2D eigenvalue weighted by atomic mass is 79.9. The smallest absolute Gasteiger partial charge is 0.241 e. The van der Waals surface area contributed by atoms with Crippen LogP contribution in [0.3, 0.4) is 0 Å². The van der Waals surface area contributed by atoms with Gasteiger partial charge in [0, 0.05) is 10.2 Å². The van der Waals surface area contributed by atoms with Gasteiger partial charge < -0.3 is 11.1 Å². The van der Waals surface area contributed by atoms with E-state index in [-0.39, 0.29) is 11.3 Å². The number of anilines is 1. The molecule has 0 aliphatic rings. The van der Waals surface area contributed by atoms with Crippen LogP contribution in [-0.4, -0.2) is 11.9 Å². The lowest BCUT2D eigenvalue weighted by Gasteiger charge is -2.26. The number of aryl methyl sites for hydroxylation is 1. The minimum absolute atomic E-state index is 0.139. The van der Waals surface area contributed by atoms with Crippen molar-refractivity contribution < 1.29 is 4.79 Å². The van der Waals surface area contributed by atoms with Crippen molar-refractivity contribution in [2.45, 2.75) is 40.2 Å². The molecular formula is C14H21BrN2O. The van der Waals surface area contributed by atoms with Gasteiger partial charge in [0.2, 0.25) is 5.91 Å². The molecule has 0 aliphatic heterocycles. The van der Waals surface area contributed by atoms with E-state index in [0.29, 0.717) is 0 Å². The summed E-state index contributed by atoms with van der Waals surface area (Å²) in [6.07, 6.45) is 0.861. The van der Waals surface area contributed by atoms with Crippen molar-refractivity contribution in [1.29, 1.82) is 0 Å². The minimum atomic E-state index is -0.522. The summed E-state index contributed by atoms with van der Waals surface area (Å²) < 4.78 is 1.01. The molecule has 1 amide bonds. The zero-order chi connectivity index (χ0) is 13.9. The molecule has 1 unspecified atom stereocenters. The Labute approximate surface area is 117 Å². The number of carbonyl (C=O) groups is 1. The fourth-order valence-electron chi connectivity index (χ4n) is 1.58. The van der Waals surface area contributed by atoms with E-state index < -0.39 is 6.04 Å². The number of hydrogen-bond acceptors (Lipinski definition) is 2. The molecular weight excluding hydrogens is 292 g/mol. The van der Waals surface area contributed by atoms with Crippen molar-refractivity contribution in [1.82, 2.24) is 0 Å². The fourth-order valence-corrected chi connectivity index (χ4v) is 1.99. The maximum absolute atomic E-state index is 12.1. The number of nitrogens with one attached hydrogen (secondary N) is 1. The number of halogens is 1. The van der Waals surface area contributed by atoms with E-state index in [1.165, 1.54) is 0 Å². The van der Waals surface area contributed by atoms with Crippen LogP contribution >= 0.6 is 15.9 Å². The van der Waals surface area contributed by atoms with Gasteiger partial charge in [0.1, 0.15) is 0 Å².